The molecule has 2 aromatic heterocycles. The predicted octanol–water partition coefficient (Wildman–Crippen LogP) is 3.95. The van der Waals surface area contributed by atoms with Crippen molar-refractivity contribution in [3.05, 3.63) is 82.8 Å². The van der Waals surface area contributed by atoms with E-state index < -0.39 is 41.4 Å². The molecule has 166 valence electrons. The number of rotatable bonds is 4. The molecule has 11 heteroatoms. The normalized spacial score (nSPS) is 14.9. The van der Waals surface area contributed by atoms with Gasteiger partial charge in [0.25, 0.3) is 12.3 Å². The first-order chi connectivity index (χ1) is 16.1. The van der Waals surface area contributed by atoms with Crippen LogP contribution in [-0.4, -0.2) is 41.3 Å². The maximum atomic E-state index is 15.2. The number of carbonyl (C=O) groups is 1. The minimum atomic E-state index is -2.79. The topological polar surface area (TPSA) is 51.0 Å². The third kappa shape index (κ3) is 3.38. The molecule has 4 radical (unpaired) electrons. The molecular formula is C23H14B2F4N4O. The van der Waals surface area contributed by atoms with Crippen molar-refractivity contribution in [3.63, 3.8) is 0 Å². The Balaban J connectivity index is 1.57. The van der Waals surface area contributed by atoms with Crippen molar-refractivity contribution in [3.8, 4) is 11.1 Å². The summed E-state index contributed by atoms with van der Waals surface area (Å²) < 4.78 is 58.6. The molecule has 0 saturated carbocycles. The molecule has 0 spiro atoms. The monoisotopic (exact) mass is 460 g/mol. The lowest BCUT2D eigenvalue weighted by Crippen LogP contribution is -2.45. The van der Waals surface area contributed by atoms with Gasteiger partial charge in [-0.1, -0.05) is 0 Å². The van der Waals surface area contributed by atoms with E-state index >= 15 is 8.78 Å². The second-order valence-electron chi connectivity index (χ2n) is 8.14. The van der Waals surface area contributed by atoms with Gasteiger partial charge in [0.2, 0.25) is 0 Å². The van der Waals surface area contributed by atoms with Gasteiger partial charge >= 0.3 is 0 Å². The van der Waals surface area contributed by atoms with Crippen LogP contribution in [0.2, 0.25) is 0 Å². The molecule has 0 bridgehead atoms. The number of benzene rings is 2. The fourth-order valence-electron chi connectivity index (χ4n) is 4.24. The van der Waals surface area contributed by atoms with Crippen molar-refractivity contribution in [2.75, 3.05) is 0 Å². The van der Waals surface area contributed by atoms with Gasteiger partial charge in [0.05, 0.1) is 39.0 Å². The van der Waals surface area contributed by atoms with E-state index in [9.17, 15) is 13.6 Å². The molecule has 0 unspecified atom stereocenters. The Morgan fingerprint density at radius 3 is 2.44 bits per heavy atom. The Morgan fingerprint density at radius 1 is 1.09 bits per heavy atom. The van der Waals surface area contributed by atoms with Crippen LogP contribution in [0.3, 0.4) is 0 Å². The zero-order chi connectivity index (χ0) is 24.4. The van der Waals surface area contributed by atoms with E-state index in [0.29, 0.717) is 5.39 Å². The first-order valence-electron chi connectivity index (χ1n) is 10.2. The molecule has 0 N–H and O–H groups in total. The first kappa shape index (κ1) is 22.2. The van der Waals surface area contributed by atoms with Gasteiger partial charge in [0.1, 0.15) is 11.6 Å². The fourth-order valence-corrected chi connectivity index (χ4v) is 4.24. The molecule has 2 aromatic carbocycles. The molecule has 0 saturated heterocycles. The number of halogens is 4. The second-order valence-corrected chi connectivity index (χ2v) is 8.14. The van der Waals surface area contributed by atoms with Crippen LogP contribution in [0, 0.1) is 11.6 Å². The zero-order valence-corrected chi connectivity index (χ0v) is 17.8. The van der Waals surface area contributed by atoms with Crippen LogP contribution in [0.25, 0.3) is 22.0 Å². The Morgan fingerprint density at radius 2 is 1.79 bits per heavy atom. The molecule has 0 fully saturated rings. The lowest BCUT2D eigenvalue weighted by atomic mass is 9.59. The molecule has 1 amide bonds. The highest BCUT2D eigenvalue weighted by atomic mass is 19.3. The highest BCUT2D eigenvalue weighted by molar-refractivity contribution is 6.42. The molecule has 1 aliphatic heterocycles. The van der Waals surface area contributed by atoms with Crippen LogP contribution in [0.15, 0.2) is 48.8 Å². The quantitative estimate of drug-likeness (QED) is 0.343. The van der Waals surface area contributed by atoms with E-state index in [2.05, 4.69) is 10.1 Å². The largest absolute Gasteiger partial charge is 0.340 e. The van der Waals surface area contributed by atoms with Gasteiger partial charge in [0, 0.05) is 41.3 Å². The lowest BCUT2D eigenvalue weighted by molar-refractivity contribution is 0.0727. The zero-order valence-electron chi connectivity index (χ0n) is 17.8. The number of aromatic nitrogens is 3. The summed E-state index contributed by atoms with van der Waals surface area (Å²) >= 11 is 0. The minimum absolute atomic E-state index is 0.0451. The lowest BCUT2D eigenvalue weighted by Gasteiger charge is -2.33. The van der Waals surface area contributed by atoms with Crippen LogP contribution >= 0.6 is 0 Å². The molecule has 3 heterocycles. The van der Waals surface area contributed by atoms with Crippen LogP contribution in [0.4, 0.5) is 17.6 Å². The van der Waals surface area contributed by atoms with Crippen LogP contribution in [-0.2, 0) is 18.9 Å². The number of fused-ring (bicyclic) bond motifs is 2. The second kappa shape index (κ2) is 7.72. The summed E-state index contributed by atoms with van der Waals surface area (Å²) in [6.07, 6.45) is 0.193. The smallest absolute Gasteiger partial charge is 0.263 e. The molecule has 0 aliphatic carbocycles. The highest BCUT2D eigenvalue weighted by Crippen LogP contribution is 2.37. The summed E-state index contributed by atoms with van der Waals surface area (Å²) in [5.41, 5.74) is -0.0142. The van der Waals surface area contributed by atoms with Crippen LogP contribution in [0.1, 0.15) is 33.6 Å². The fraction of sp³-hybridized carbons (Fsp3) is 0.174. The van der Waals surface area contributed by atoms with E-state index in [1.54, 1.807) is 13.2 Å². The van der Waals surface area contributed by atoms with Crippen LogP contribution in [0.5, 0.6) is 0 Å². The number of alkyl halides is 2. The Labute approximate surface area is 194 Å². The Hall–Kier alpha value is -3.62. The van der Waals surface area contributed by atoms with E-state index in [4.69, 9.17) is 15.7 Å². The molecule has 4 aromatic rings. The number of carbonyl (C=O) groups excluding carboxylic acids is 1. The van der Waals surface area contributed by atoms with Crippen molar-refractivity contribution in [2.24, 2.45) is 7.05 Å². The van der Waals surface area contributed by atoms with E-state index in [1.807, 2.05) is 0 Å². The van der Waals surface area contributed by atoms with Gasteiger partial charge in [-0.25, -0.2) is 17.6 Å². The van der Waals surface area contributed by atoms with Gasteiger partial charge in [-0.2, -0.15) is 5.10 Å². The van der Waals surface area contributed by atoms with Crippen molar-refractivity contribution >= 4 is 32.5 Å². The van der Waals surface area contributed by atoms with Gasteiger partial charge < -0.3 is 4.90 Å². The number of nitrogens with zero attached hydrogens (tertiary/aromatic N) is 4. The van der Waals surface area contributed by atoms with Crippen molar-refractivity contribution in [1.29, 1.82) is 0 Å². The molecule has 5 rings (SSSR count). The third-order valence-electron chi connectivity index (χ3n) is 5.89. The van der Waals surface area contributed by atoms with E-state index in [1.165, 1.54) is 35.1 Å². The van der Waals surface area contributed by atoms with Gasteiger partial charge in [0.15, 0.2) is 0 Å². The highest BCUT2D eigenvalue weighted by Gasteiger charge is 2.43. The number of hydrogen-bond acceptors (Lipinski definition) is 3. The number of pyridine rings is 1. The SMILES string of the molecule is [B]C1([B])c2ncccc2C(=O)N1Cc1c(F)cc(-c2cc(C(F)F)cc3nn(C)cc23)cc1F. The summed E-state index contributed by atoms with van der Waals surface area (Å²) in [4.78, 5) is 17.7. The predicted molar refractivity (Wildman–Crippen MR) is 118 cm³/mol. The van der Waals surface area contributed by atoms with Crippen molar-refractivity contribution in [2.45, 2.75) is 18.3 Å². The van der Waals surface area contributed by atoms with Gasteiger partial charge in [-0.05, 0) is 47.5 Å². The molecule has 1 aliphatic rings. The van der Waals surface area contributed by atoms with Gasteiger partial charge in [-0.15, -0.1) is 0 Å². The summed E-state index contributed by atoms with van der Waals surface area (Å²) in [5.74, 6) is -2.58. The summed E-state index contributed by atoms with van der Waals surface area (Å²) in [7, 11) is 13.8. The third-order valence-corrected chi connectivity index (χ3v) is 5.89. The van der Waals surface area contributed by atoms with E-state index in [0.717, 1.165) is 17.0 Å². The minimum Gasteiger partial charge on any atom is -0.340 e. The van der Waals surface area contributed by atoms with Crippen molar-refractivity contribution in [1.82, 2.24) is 19.7 Å². The maximum absolute atomic E-state index is 15.2. The van der Waals surface area contributed by atoms with E-state index in [-0.39, 0.29) is 33.5 Å². The first-order valence-corrected chi connectivity index (χ1v) is 10.2. The summed E-state index contributed by atoms with van der Waals surface area (Å²) in [6.45, 7) is -0.556. The number of amides is 1. The standard InChI is InChI=1S/C23H14B2F4N4O/c1-32-9-15-14(5-12(21(28)29)8-19(15)31-32)11-6-17(26)16(18(27)7-11)10-33-22(34)13-3-2-4-30-20(13)23(33,24)25/h2-9,21H,10H2,1H3. The summed E-state index contributed by atoms with van der Waals surface area (Å²) in [6, 6.07) is 7.46. The average Bonchev–Trinajstić information content (AvgIpc) is 3.25. The van der Waals surface area contributed by atoms with Crippen LogP contribution < -0.4 is 0 Å². The summed E-state index contributed by atoms with van der Waals surface area (Å²) in [5, 5.41) is 2.73. The molecular weight excluding hydrogens is 446 g/mol. The molecule has 34 heavy (non-hydrogen) atoms. The molecule has 0 atom stereocenters. The number of hydrogen-bond donors (Lipinski definition) is 0. The Kier molecular flexibility index (Phi) is 5.03. The average molecular weight is 460 g/mol. The van der Waals surface area contributed by atoms with Gasteiger partial charge in [-0.3, -0.25) is 14.5 Å². The maximum Gasteiger partial charge on any atom is 0.263 e. The number of aryl methyl sites for hydroxylation is 1. The molecule has 5 nitrogen and oxygen atoms in total. The van der Waals surface area contributed by atoms with Crippen molar-refractivity contribution < 1.29 is 22.4 Å². The Bertz CT molecular complexity index is 1450.